The van der Waals surface area contributed by atoms with Crippen molar-refractivity contribution in [2.45, 2.75) is 38.2 Å². The number of benzene rings is 1. The van der Waals surface area contributed by atoms with E-state index in [0.29, 0.717) is 13.2 Å². The molecule has 11 heteroatoms. The van der Waals surface area contributed by atoms with E-state index >= 15 is 0 Å². The van der Waals surface area contributed by atoms with Crippen molar-refractivity contribution >= 4 is 16.9 Å². The van der Waals surface area contributed by atoms with Crippen LogP contribution in [0.2, 0.25) is 0 Å². The molecule has 0 spiro atoms. The van der Waals surface area contributed by atoms with Gasteiger partial charge in [0.2, 0.25) is 0 Å². The standard InChI is InChI=1S/C22H28F3N5O2S/c1-15-19(32-14-26-15)20-27-28-21(29(20)2)33-12-4-3-9-30-10-11-31-18(13-30)16-5-7-17(8-6-16)22(23,24)25/h5-8,14,18,20,27H,3-4,9-13H2,1-2H3. The highest BCUT2D eigenvalue weighted by Gasteiger charge is 2.31. The fourth-order valence-corrected chi connectivity index (χ4v) is 4.89. The lowest BCUT2D eigenvalue weighted by atomic mass is 10.0. The first kappa shape index (κ1) is 23.9. The van der Waals surface area contributed by atoms with Crippen molar-refractivity contribution in [2.24, 2.45) is 5.10 Å². The second-order valence-corrected chi connectivity index (χ2v) is 9.24. The smallest absolute Gasteiger partial charge is 0.416 e. The van der Waals surface area contributed by atoms with Crippen molar-refractivity contribution in [3.05, 3.63) is 53.2 Å². The number of aryl methyl sites for hydroxylation is 1. The molecule has 33 heavy (non-hydrogen) atoms. The Morgan fingerprint density at radius 1 is 1.21 bits per heavy atom. The topological polar surface area (TPSA) is 66.1 Å². The molecule has 0 bridgehead atoms. The quantitative estimate of drug-likeness (QED) is 0.586. The molecular formula is C22H28F3N5O2S. The Labute approximate surface area is 195 Å². The van der Waals surface area contributed by atoms with Crippen LogP contribution in [-0.2, 0) is 10.9 Å². The summed E-state index contributed by atoms with van der Waals surface area (Å²) in [5.74, 6) is 1.71. The van der Waals surface area contributed by atoms with Crippen molar-refractivity contribution in [2.75, 3.05) is 39.0 Å². The van der Waals surface area contributed by atoms with E-state index in [0.717, 1.165) is 66.0 Å². The van der Waals surface area contributed by atoms with Crippen LogP contribution in [0.15, 0.2) is 40.2 Å². The maximum Gasteiger partial charge on any atom is 0.416 e. The summed E-state index contributed by atoms with van der Waals surface area (Å²) in [5.41, 5.74) is 4.10. The maximum atomic E-state index is 12.8. The highest BCUT2D eigenvalue weighted by Crippen LogP contribution is 2.31. The second kappa shape index (κ2) is 10.4. The van der Waals surface area contributed by atoms with Crippen LogP contribution in [0.4, 0.5) is 13.2 Å². The highest BCUT2D eigenvalue weighted by molar-refractivity contribution is 8.13. The fourth-order valence-electron chi connectivity index (χ4n) is 3.93. The minimum Gasteiger partial charge on any atom is -0.444 e. The lowest BCUT2D eigenvalue weighted by Gasteiger charge is -2.33. The summed E-state index contributed by atoms with van der Waals surface area (Å²) in [6.45, 7) is 4.95. The molecule has 3 heterocycles. The van der Waals surface area contributed by atoms with Gasteiger partial charge in [-0.1, -0.05) is 23.9 Å². The Morgan fingerprint density at radius 3 is 2.70 bits per heavy atom. The summed E-state index contributed by atoms with van der Waals surface area (Å²) in [6.07, 6.45) is -1.14. The van der Waals surface area contributed by atoms with E-state index in [1.54, 1.807) is 11.8 Å². The van der Waals surface area contributed by atoms with Gasteiger partial charge in [-0.05, 0) is 44.0 Å². The van der Waals surface area contributed by atoms with Gasteiger partial charge >= 0.3 is 6.18 Å². The van der Waals surface area contributed by atoms with Crippen molar-refractivity contribution in [3.63, 3.8) is 0 Å². The Bertz CT molecular complexity index is 950. The number of unbranched alkanes of at least 4 members (excludes halogenated alkanes) is 1. The average molecular weight is 484 g/mol. The van der Waals surface area contributed by atoms with Gasteiger partial charge in [-0.15, -0.1) is 0 Å². The number of amidine groups is 1. The summed E-state index contributed by atoms with van der Waals surface area (Å²) in [5, 5.41) is 5.34. The zero-order chi connectivity index (χ0) is 23.4. The number of hydrogen-bond donors (Lipinski definition) is 1. The fraction of sp³-hybridized carbons (Fsp3) is 0.545. The van der Waals surface area contributed by atoms with Crippen molar-refractivity contribution in [3.8, 4) is 0 Å². The monoisotopic (exact) mass is 483 g/mol. The molecule has 2 unspecified atom stereocenters. The highest BCUT2D eigenvalue weighted by atomic mass is 32.2. The number of thioether (sulfide) groups is 1. The van der Waals surface area contributed by atoms with Gasteiger partial charge in [0.15, 0.2) is 23.5 Å². The van der Waals surface area contributed by atoms with E-state index in [-0.39, 0.29) is 12.3 Å². The third-order valence-electron chi connectivity index (χ3n) is 5.86. The number of nitrogens with zero attached hydrogens (tertiary/aromatic N) is 4. The molecule has 2 aromatic rings. The van der Waals surface area contributed by atoms with E-state index in [4.69, 9.17) is 9.15 Å². The molecule has 1 fully saturated rings. The number of hydrazone groups is 1. The van der Waals surface area contributed by atoms with Crippen LogP contribution in [-0.4, -0.2) is 59.0 Å². The Kier molecular flexibility index (Phi) is 7.50. The number of alkyl halides is 3. The van der Waals surface area contributed by atoms with E-state index in [1.165, 1.54) is 18.5 Å². The zero-order valence-electron chi connectivity index (χ0n) is 18.6. The number of ether oxygens (including phenoxy) is 1. The minimum atomic E-state index is -4.32. The first-order chi connectivity index (χ1) is 15.8. The maximum absolute atomic E-state index is 12.8. The van der Waals surface area contributed by atoms with E-state index < -0.39 is 11.7 Å². The molecule has 180 valence electrons. The summed E-state index contributed by atoms with van der Waals surface area (Å²) in [6, 6.07) is 5.30. The number of morpholine rings is 1. The van der Waals surface area contributed by atoms with Crippen LogP contribution in [0.3, 0.4) is 0 Å². The van der Waals surface area contributed by atoms with Gasteiger partial charge in [-0.3, -0.25) is 10.3 Å². The molecule has 1 aromatic heterocycles. The summed E-state index contributed by atoms with van der Waals surface area (Å²) >= 11 is 1.70. The van der Waals surface area contributed by atoms with Gasteiger partial charge in [0.25, 0.3) is 0 Å². The van der Waals surface area contributed by atoms with E-state index in [2.05, 4.69) is 25.3 Å². The molecule has 2 aliphatic heterocycles. The Balaban J connectivity index is 1.17. The predicted molar refractivity (Wildman–Crippen MR) is 121 cm³/mol. The van der Waals surface area contributed by atoms with Crippen molar-refractivity contribution < 1.29 is 22.3 Å². The third kappa shape index (κ3) is 5.82. The number of halogens is 3. The van der Waals surface area contributed by atoms with Crippen LogP contribution in [0.25, 0.3) is 0 Å². The van der Waals surface area contributed by atoms with E-state index in [1.807, 2.05) is 14.0 Å². The second-order valence-electron chi connectivity index (χ2n) is 8.17. The molecule has 1 saturated heterocycles. The van der Waals surface area contributed by atoms with Gasteiger partial charge in [0, 0.05) is 25.9 Å². The minimum absolute atomic E-state index is 0.134. The molecule has 2 aliphatic rings. The molecule has 0 radical (unpaired) electrons. The zero-order valence-corrected chi connectivity index (χ0v) is 19.5. The lowest BCUT2D eigenvalue weighted by molar-refractivity contribution is -0.137. The van der Waals surface area contributed by atoms with Gasteiger partial charge in [-0.2, -0.15) is 18.3 Å². The SMILES string of the molecule is Cc1ncoc1C1NN=C(SCCCCN2CCOC(c3ccc(C(F)(F)F)cc3)C2)N1C. The third-order valence-corrected chi connectivity index (χ3v) is 6.99. The molecular weight excluding hydrogens is 455 g/mol. The largest absolute Gasteiger partial charge is 0.444 e. The summed E-state index contributed by atoms with van der Waals surface area (Å²) in [4.78, 5) is 8.51. The van der Waals surface area contributed by atoms with Gasteiger partial charge in [0.05, 0.1) is 24.0 Å². The number of oxazole rings is 1. The number of aromatic nitrogens is 1. The van der Waals surface area contributed by atoms with Crippen LogP contribution >= 0.6 is 11.8 Å². The normalized spacial score (nSPS) is 21.8. The molecule has 2 atom stereocenters. The van der Waals surface area contributed by atoms with Crippen LogP contribution in [0.1, 0.15) is 47.7 Å². The molecule has 4 rings (SSSR count). The van der Waals surface area contributed by atoms with Crippen molar-refractivity contribution in [1.29, 1.82) is 0 Å². The molecule has 1 aromatic carbocycles. The van der Waals surface area contributed by atoms with Gasteiger partial charge in [0.1, 0.15) is 0 Å². The van der Waals surface area contributed by atoms with Crippen LogP contribution < -0.4 is 5.43 Å². The number of nitrogens with one attached hydrogen (secondary N) is 1. The Morgan fingerprint density at radius 2 is 2.00 bits per heavy atom. The van der Waals surface area contributed by atoms with Crippen LogP contribution in [0.5, 0.6) is 0 Å². The summed E-state index contributed by atoms with van der Waals surface area (Å²) in [7, 11) is 1.98. The van der Waals surface area contributed by atoms with Crippen LogP contribution in [0, 0.1) is 6.92 Å². The number of hydrogen-bond acceptors (Lipinski definition) is 8. The molecule has 7 nitrogen and oxygen atoms in total. The van der Waals surface area contributed by atoms with Crippen molar-refractivity contribution in [1.82, 2.24) is 20.2 Å². The molecule has 0 amide bonds. The van der Waals surface area contributed by atoms with E-state index in [9.17, 15) is 13.2 Å². The molecule has 0 saturated carbocycles. The first-order valence-electron chi connectivity index (χ1n) is 10.9. The predicted octanol–water partition coefficient (Wildman–Crippen LogP) is 4.39. The van der Waals surface area contributed by atoms with Gasteiger partial charge in [-0.25, -0.2) is 4.98 Å². The number of rotatable bonds is 7. The first-order valence-corrected chi connectivity index (χ1v) is 11.9. The summed E-state index contributed by atoms with van der Waals surface area (Å²) < 4.78 is 49.6. The average Bonchev–Trinajstić information content (AvgIpc) is 3.38. The lowest BCUT2D eigenvalue weighted by Crippen LogP contribution is -2.38. The van der Waals surface area contributed by atoms with Gasteiger partial charge < -0.3 is 14.1 Å². The Hall–Kier alpha value is -2.24. The molecule has 1 N–H and O–H groups in total. The molecule has 0 aliphatic carbocycles.